The van der Waals surface area contributed by atoms with E-state index in [-0.39, 0.29) is 36.2 Å². The lowest BCUT2D eigenvalue weighted by atomic mass is 10.1. The number of benzene rings is 2. The zero-order chi connectivity index (χ0) is 28.1. The predicted molar refractivity (Wildman–Crippen MR) is 149 cm³/mol. The van der Waals surface area contributed by atoms with Gasteiger partial charge in [0.25, 0.3) is 0 Å². The first kappa shape index (κ1) is 28.7. The van der Waals surface area contributed by atoms with Crippen LogP contribution in [0.2, 0.25) is 0 Å². The molecule has 0 saturated heterocycles. The third kappa shape index (κ3) is 5.98. The predicted octanol–water partition coefficient (Wildman–Crippen LogP) is 7.66. The minimum atomic E-state index is -0.572. The average Bonchev–Trinajstić information content (AvgIpc) is 3.56. The lowest BCUT2D eigenvalue weighted by Crippen LogP contribution is -2.14. The number of allylic oxidation sites excluding steroid dienone is 1. The van der Waals surface area contributed by atoms with Crippen molar-refractivity contribution in [1.82, 2.24) is 4.90 Å². The summed E-state index contributed by atoms with van der Waals surface area (Å²) in [7, 11) is 2.92. The number of thiophene rings is 1. The molecule has 210 valence electrons. The van der Waals surface area contributed by atoms with Crippen molar-refractivity contribution in [2.75, 3.05) is 27.4 Å². The Labute approximate surface area is 232 Å². The number of carbonyl (C=O) groups excluding carboxylic acids is 1. The van der Waals surface area contributed by atoms with E-state index in [1.54, 1.807) is 12.1 Å². The van der Waals surface area contributed by atoms with Crippen molar-refractivity contribution in [3.63, 3.8) is 0 Å². The molecular weight excluding hydrogens is 524 g/mol. The summed E-state index contributed by atoms with van der Waals surface area (Å²) in [5.41, 5.74) is 2.44. The number of halogens is 2. The molecule has 3 aromatic rings. The lowest BCUT2D eigenvalue weighted by Gasteiger charge is -2.19. The topological polar surface area (TPSA) is 57.2 Å². The van der Waals surface area contributed by atoms with Gasteiger partial charge in [-0.1, -0.05) is 26.8 Å². The summed E-state index contributed by atoms with van der Waals surface area (Å²) in [4.78, 5) is 14.9. The minimum absolute atomic E-state index is 0.00972. The highest BCUT2D eigenvalue weighted by Gasteiger charge is 2.28. The summed E-state index contributed by atoms with van der Waals surface area (Å²) in [5.74, 6) is -0.391. The maximum atomic E-state index is 15.4. The summed E-state index contributed by atoms with van der Waals surface area (Å²) in [6.07, 6.45) is 3.34. The third-order valence-corrected chi connectivity index (χ3v) is 7.86. The molecule has 0 N–H and O–H groups in total. The number of fused-ring (bicyclic) bond motifs is 2. The van der Waals surface area contributed by atoms with Gasteiger partial charge in [0.2, 0.25) is 0 Å². The van der Waals surface area contributed by atoms with Crippen molar-refractivity contribution >= 4 is 27.2 Å². The Kier molecular flexibility index (Phi) is 9.32. The van der Waals surface area contributed by atoms with Crippen molar-refractivity contribution in [3.05, 3.63) is 58.1 Å². The number of rotatable bonds is 14. The summed E-state index contributed by atoms with van der Waals surface area (Å²) >= 11 is 1.24. The minimum Gasteiger partial charge on any atom is -0.493 e. The summed E-state index contributed by atoms with van der Waals surface area (Å²) in [5, 5.41) is 0.326. The number of hydrogen-bond acceptors (Lipinski definition) is 7. The van der Waals surface area contributed by atoms with Crippen LogP contribution in [0.1, 0.15) is 66.8 Å². The van der Waals surface area contributed by atoms with Gasteiger partial charge in [-0.25, -0.2) is 8.78 Å². The van der Waals surface area contributed by atoms with Gasteiger partial charge in [-0.15, -0.1) is 11.3 Å². The van der Waals surface area contributed by atoms with Crippen LogP contribution in [0, 0.1) is 11.6 Å². The Morgan fingerprint density at radius 1 is 0.949 bits per heavy atom. The molecule has 1 aliphatic rings. The van der Waals surface area contributed by atoms with Gasteiger partial charge in [-0.05, 0) is 30.5 Å². The molecule has 6 nitrogen and oxygen atoms in total. The molecule has 0 atom stereocenters. The van der Waals surface area contributed by atoms with Crippen molar-refractivity contribution < 1.29 is 32.5 Å². The number of Topliss-reactive ketones (excluding diaryl/α,β-unsaturated/α-hetero) is 1. The Bertz CT molecular complexity index is 1370. The molecule has 0 amide bonds. The monoisotopic (exact) mass is 559 g/mol. The first-order valence-corrected chi connectivity index (χ1v) is 14.0. The fraction of sp³-hybridized carbons (Fsp3) is 0.433. The summed E-state index contributed by atoms with van der Waals surface area (Å²) in [6.45, 7) is 9.43. The van der Waals surface area contributed by atoms with Crippen LogP contribution in [0.15, 0.2) is 30.5 Å². The number of hydrogen-bond donors (Lipinski definition) is 0. The number of nitrogens with zero attached hydrogens (tertiary/aromatic N) is 1. The normalized spacial score (nSPS) is 12.5. The zero-order valence-electron chi connectivity index (χ0n) is 23.0. The molecule has 2 heterocycles. The standard InChI is InChI=1S/C30H35F2NO5S/c1-6-9-18(3)33-16-19-13-23(35-4)29(28(32)21(19)17-33)37-11-8-12-38-30-24(36-5)15-25-20(27(30)31)14-26(39-25)22(34)10-7-2/h13-15H,3,6-12,16-17H2,1-2,4-5H3. The van der Waals surface area contributed by atoms with Gasteiger partial charge in [0.1, 0.15) is 0 Å². The molecular formula is C30H35F2NO5S. The van der Waals surface area contributed by atoms with Crippen molar-refractivity contribution in [2.45, 2.75) is 59.0 Å². The number of carbonyl (C=O) groups is 1. The average molecular weight is 560 g/mol. The van der Waals surface area contributed by atoms with Crippen LogP contribution in [0.4, 0.5) is 8.78 Å². The van der Waals surface area contributed by atoms with Gasteiger partial charge < -0.3 is 23.8 Å². The largest absolute Gasteiger partial charge is 0.493 e. The number of methoxy groups -OCH3 is 2. The van der Waals surface area contributed by atoms with Crippen molar-refractivity contribution in [1.29, 1.82) is 0 Å². The van der Waals surface area contributed by atoms with Crippen LogP contribution in [0.25, 0.3) is 10.1 Å². The second-order valence-corrected chi connectivity index (χ2v) is 10.6. The molecule has 4 rings (SSSR count). The van der Waals surface area contributed by atoms with Gasteiger partial charge in [0.05, 0.1) is 32.3 Å². The van der Waals surface area contributed by atoms with E-state index in [9.17, 15) is 4.79 Å². The molecule has 2 aromatic carbocycles. The van der Waals surface area contributed by atoms with Crippen molar-refractivity contribution in [3.8, 4) is 23.0 Å². The number of ketones is 1. The quantitative estimate of drug-likeness (QED) is 0.149. The van der Waals surface area contributed by atoms with E-state index in [0.29, 0.717) is 52.2 Å². The van der Waals surface area contributed by atoms with Crippen LogP contribution < -0.4 is 18.9 Å². The second kappa shape index (κ2) is 12.7. The van der Waals surface area contributed by atoms with Crippen LogP contribution >= 0.6 is 11.3 Å². The Morgan fingerprint density at radius 2 is 1.59 bits per heavy atom. The van der Waals surface area contributed by atoms with Gasteiger partial charge in [-0.2, -0.15) is 0 Å². The van der Waals surface area contributed by atoms with Crippen LogP contribution in [-0.2, 0) is 13.1 Å². The fourth-order valence-electron chi connectivity index (χ4n) is 4.70. The molecule has 0 unspecified atom stereocenters. The third-order valence-electron chi connectivity index (χ3n) is 6.73. The highest BCUT2D eigenvalue weighted by molar-refractivity contribution is 7.20. The fourth-order valence-corrected chi connectivity index (χ4v) is 5.75. The van der Waals surface area contributed by atoms with E-state index >= 15 is 8.78 Å². The van der Waals surface area contributed by atoms with Crippen molar-refractivity contribution in [2.24, 2.45) is 0 Å². The lowest BCUT2D eigenvalue weighted by molar-refractivity contribution is 0.0985. The molecule has 0 fully saturated rings. The van der Waals surface area contributed by atoms with E-state index in [0.717, 1.165) is 30.5 Å². The molecule has 0 saturated carbocycles. The van der Waals surface area contributed by atoms with Gasteiger partial charge in [0.15, 0.2) is 40.4 Å². The van der Waals surface area contributed by atoms with E-state index < -0.39 is 11.6 Å². The molecule has 1 aliphatic heterocycles. The molecule has 0 aliphatic carbocycles. The molecule has 1 aromatic heterocycles. The van der Waals surface area contributed by atoms with E-state index in [1.807, 2.05) is 13.0 Å². The van der Waals surface area contributed by atoms with Gasteiger partial charge in [-0.3, -0.25) is 4.79 Å². The Morgan fingerprint density at radius 3 is 2.23 bits per heavy atom. The van der Waals surface area contributed by atoms with E-state index in [1.165, 1.54) is 25.6 Å². The summed E-state index contributed by atoms with van der Waals surface area (Å²) in [6, 6.07) is 5.07. The highest BCUT2D eigenvalue weighted by Crippen LogP contribution is 2.41. The number of ether oxygens (including phenoxy) is 4. The van der Waals surface area contributed by atoms with Gasteiger partial charge in [0, 0.05) is 53.3 Å². The maximum Gasteiger partial charge on any atom is 0.197 e. The zero-order valence-corrected chi connectivity index (χ0v) is 23.8. The Balaban J connectivity index is 1.41. The van der Waals surface area contributed by atoms with Gasteiger partial charge >= 0.3 is 0 Å². The van der Waals surface area contributed by atoms with Crippen LogP contribution in [0.3, 0.4) is 0 Å². The van der Waals surface area contributed by atoms with E-state index in [4.69, 9.17) is 18.9 Å². The summed E-state index contributed by atoms with van der Waals surface area (Å²) < 4.78 is 53.7. The smallest absolute Gasteiger partial charge is 0.197 e. The van der Waals surface area contributed by atoms with Crippen LogP contribution in [-0.4, -0.2) is 38.1 Å². The first-order chi connectivity index (χ1) is 18.8. The SMILES string of the molecule is C=C(CCC)N1Cc2cc(OC)c(OCCCOc3c(OC)cc4sc(C(=O)CCC)cc4c3F)c(F)c2C1. The Hall–Kier alpha value is -3.33. The second-order valence-electron chi connectivity index (χ2n) is 9.50. The molecule has 0 bridgehead atoms. The molecule has 0 spiro atoms. The molecule has 9 heteroatoms. The van der Waals surface area contributed by atoms with E-state index in [2.05, 4.69) is 18.4 Å². The maximum absolute atomic E-state index is 15.4. The van der Waals surface area contributed by atoms with Crippen LogP contribution in [0.5, 0.6) is 23.0 Å². The molecule has 39 heavy (non-hydrogen) atoms. The molecule has 0 radical (unpaired) electrons. The first-order valence-electron chi connectivity index (χ1n) is 13.2. The highest BCUT2D eigenvalue weighted by atomic mass is 32.1.